The molecule has 1 saturated carbocycles. The number of carbonyl (C=O) groups excluding carboxylic acids is 1. The summed E-state index contributed by atoms with van der Waals surface area (Å²) in [5.74, 6) is 0.843. The highest BCUT2D eigenvalue weighted by molar-refractivity contribution is 5.75. The van der Waals surface area contributed by atoms with Crippen molar-refractivity contribution < 1.29 is 23.4 Å². The van der Waals surface area contributed by atoms with E-state index >= 15 is 0 Å². The Bertz CT molecular complexity index is 530. The monoisotopic (exact) mass is 310 g/mol. The summed E-state index contributed by atoms with van der Waals surface area (Å²) in [7, 11) is 1.40. The maximum atomic E-state index is 14.2. The molecule has 1 aliphatic rings. The highest BCUT2D eigenvalue weighted by atomic mass is 19.1. The quantitative estimate of drug-likeness (QED) is 0.691. The normalized spacial score (nSPS) is 19.6. The molecule has 1 fully saturated rings. The van der Waals surface area contributed by atoms with Crippen LogP contribution in [0.5, 0.6) is 11.5 Å². The molecule has 0 saturated heterocycles. The molecule has 22 heavy (non-hydrogen) atoms. The predicted octanol–water partition coefficient (Wildman–Crippen LogP) is 3.36. The van der Waals surface area contributed by atoms with Crippen molar-refractivity contribution in [3.63, 3.8) is 0 Å². The van der Waals surface area contributed by atoms with E-state index in [4.69, 9.17) is 14.2 Å². The molecule has 0 heterocycles. The molecule has 0 bridgehead atoms. The molecule has 0 amide bonds. The van der Waals surface area contributed by atoms with Crippen LogP contribution in [0.15, 0.2) is 12.1 Å². The first-order valence-corrected chi connectivity index (χ1v) is 7.76. The summed E-state index contributed by atoms with van der Waals surface area (Å²) in [5, 5.41) is 0. The van der Waals surface area contributed by atoms with Crippen molar-refractivity contribution in [2.75, 3.05) is 20.3 Å². The van der Waals surface area contributed by atoms with Gasteiger partial charge in [-0.3, -0.25) is 4.79 Å². The fraction of sp³-hybridized carbons (Fsp3) is 0.588. The zero-order chi connectivity index (χ0) is 16.1. The van der Waals surface area contributed by atoms with E-state index in [-0.39, 0.29) is 17.7 Å². The minimum Gasteiger partial charge on any atom is -0.490 e. The maximum Gasteiger partial charge on any atom is 0.308 e. The van der Waals surface area contributed by atoms with Crippen LogP contribution < -0.4 is 9.47 Å². The van der Waals surface area contributed by atoms with Gasteiger partial charge in [0, 0.05) is 6.07 Å². The molecule has 0 aromatic heterocycles. The molecule has 4 nitrogen and oxygen atoms in total. The summed E-state index contributed by atoms with van der Waals surface area (Å²) in [5.41, 5.74) is 0.599. The van der Waals surface area contributed by atoms with Gasteiger partial charge < -0.3 is 14.2 Å². The van der Waals surface area contributed by atoms with Crippen LogP contribution in [-0.2, 0) is 16.0 Å². The topological polar surface area (TPSA) is 44.8 Å². The third-order valence-corrected chi connectivity index (χ3v) is 3.92. The lowest BCUT2D eigenvalue weighted by atomic mass is 10.0. The number of rotatable bonds is 8. The Morgan fingerprint density at radius 1 is 1.23 bits per heavy atom. The molecule has 0 aliphatic heterocycles. The SMILES string of the molecule is CCOc1cc(F)c(CCC2CC2C(=O)OC)cc1OCC. The highest BCUT2D eigenvalue weighted by Crippen LogP contribution is 2.43. The molecule has 0 N–H and O–H groups in total. The Hall–Kier alpha value is -1.78. The summed E-state index contributed by atoms with van der Waals surface area (Å²) in [6, 6.07) is 3.09. The van der Waals surface area contributed by atoms with E-state index < -0.39 is 0 Å². The van der Waals surface area contributed by atoms with Crippen molar-refractivity contribution in [3.05, 3.63) is 23.5 Å². The molecular weight excluding hydrogens is 287 g/mol. The molecule has 5 heteroatoms. The zero-order valence-electron chi connectivity index (χ0n) is 13.4. The second kappa shape index (κ2) is 7.47. The molecular formula is C17H23FO4. The number of hydrogen-bond acceptors (Lipinski definition) is 4. The smallest absolute Gasteiger partial charge is 0.308 e. The average Bonchev–Trinajstić information content (AvgIpc) is 3.28. The van der Waals surface area contributed by atoms with E-state index in [9.17, 15) is 9.18 Å². The second-order valence-electron chi connectivity index (χ2n) is 5.42. The van der Waals surface area contributed by atoms with Crippen molar-refractivity contribution in [1.82, 2.24) is 0 Å². The summed E-state index contributed by atoms with van der Waals surface area (Å²) in [4.78, 5) is 11.4. The number of methoxy groups -OCH3 is 1. The minimum atomic E-state index is -0.290. The van der Waals surface area contributed by atoms with Crippen molar-refractivity contribution in [2.45, 2.75) is 33.1 Å². The van der Waals surface area contributed by atoms with Crippen molar-refractivity contribution in [2.24, 2.45) is 11.8 Å². The Kier molecular flexibility index (Phi) is 5.63. The molecule has 2 unspecified atom stereocenters. The average molecular weight is 310 g/mol. The van der Waals surface area contributed by atoms with Crippen molar-refractivity contribution in [3.8, 4) is 11.5 Å². The molecule has 1 aliphatic carbocycles. The van der Waals surface area contributed by atoms with E-state index in [1.807, 2.05) is 13.8 Å². The van der Waals surface area contributed by atoms with Gasteiger partial charge in [-0.25, -0.2) is 4.39 Å². The van der Waals surface area contributed by atoms with Crippen LogP contribution in [0, 0.1) is 17.7 Å². The number of halogens is 1. The Morgan fingerprint density at radius 2 is 1.86 bits per heavy atom. The lowest BCUT2D eigenvalue weighted by molar-refractivity contribution is -0.142. The predicted molar refractivity (Wildman–Crippen MR) is 80.7 cm³/mol. The van der Waals surface area contributed by atoms with Gasteiger partial charge in [0.05, 0.1) is 26.2 Å². The van der Waals surface area contributed by atoms with Gasteiger partial charge in [-0.2, -0.15) is 0 Å². The van der Waals surface area contributed by atoms with Gasteiger partial charge in [-0.05, 0) is 50.7 Å². The summed E-state index contributed by atoms with van der Waals surface area (Å²) < 4.78 is 29.8. The first-order valence-electron chi connectivity index (χ1n) is 7.76. The zero-order valence-corrected chi connectivity index (χ0v) is 13.4. The van der Waals surface area contributed by atoms with Crippen LogP contribution in [0.25, 0.3) is 0 Å². The first kappa shape index (κ1) is 16.6. The van der Waals surface area contributed by atoms with E-state index in [1.54, 1.807) is 6.07 Å². The van der Waals surface area contributed by atoms with Gasteiger partial charge in [0.1, 0.15) is 5.82 Å². The van der Waals surface area contributed by atoms with Crippen LogP contribution in [-0.4, -0.2) is 26.3 Å². The Labute approximate surface area is 130 Å². The van der Waals surface area contributed by atoms with Gasteiger partial charge in [-0.15, -0.1) is 0 Å². The maximum absolute atomic E-state index is 14.2. The van der Waals surface area contributed by atoms with Crippen LogP contribution in [0.4, 0.5) is 4.39 Å². The van der Waals surface area contributed by atoms with Crippen LogP contribution >= 0.6 is 0 Å². The van der Waals surface area contributed by atoms with Gasteiger partial charge >= 0.3 is 5.97 Å². The third kappa shape index (κ3) is 3.90. The number of ether oxygens (including phenoxy) is 3. The third-order valence-electron chi connectivity index (χ3n) is 3.92. The first-order chi connectivity index (χ1) is 10.6. The second-order valence-corrected chi connectivity index (χ2v) is 5.42. The fourth-order valence-corrected chi connectivity index (χ4v) is 2.65. The molecule has 0 radical (unpaired) electrons. The molecule has 2 rings (SSSR count). The van der Waals surface area contributed by atoms with Crippen LogP contribution in [0.1, 0.15) is 32.3 Å². The molecule has 122 valence electrons. The van der Waals surface area contributed by atoms with Gasteiger partial charge in [0.2, 0.25) is 0 Å². The van der Waals surface area contributed by atoms with Gasteiger partial charge in [-0.1, -0.05) is 0 Å². The van der Waals surface area contributed by atoms with Crippen molar-refractivity contribution in [1.29, 1.82) is 0 Å². The van der Waals surface area contributed by atoms with Crippen molar-refractivity contribution >= 4 is 5.97 Å². The molecule has 0 spiro atoms. The molecule has 1 aromatic rings. The minimum absolute atomic E-state index is 0.0119. The van der Waals surface area contributed by atoms with Crippen LogP contribution in [0.2, 0.25) is 0 Å². The summed E-state index contributed by atoms with van der Waals surface area (Å²) in [6.07, 6.45) is 2.19. The Balaban J connectivity index is 2.01. The van der Waals surface area contributed by atoms with E-state index in [2.05, 4.69) is 0 Å². The lowest BCUT2D eigenvalue weighted by Gasteiger charge is -2.13. The number of aryl methyl sites for hydroxylation is 1. The molecule has 2 atom stereocenters. The van der Waals surface area contributed by atoms with Gasteiger partial charge in [0.25, 0.3) is 0 Å². The molecule has 1 aromatic carbocycles. The van der Waals surface area contributed by atoms with Gasteiger partial charge in [0.15, 0.2) is 11.5 Å². The van der Waals surface area contributed by atoms with E-state index in [0.717, 1.165) is 12.8 Å². The number of esters is 1. The Morgan fingerprint density at radius 3 is 2.45 bits per heavy atom. The fourth-order valence-electron chi connectivity index (χ4n) is 2.65. The van der Waals surface area contributed by atoms with E-state index in [0.29, 0.717) is 42.6 Å². The number of hydrogen-bond donors (Lipinski definition) is 0. The summed E-state index contributed by atoms with van der Waals surface area (Å²) >= 11 is 0. The lowest BCUT2D eigenvalue weighted by Crippen LogP contribution is -2.05. The number of benzene rings is 1. The number of carbonyl (C=O) groups is 1. The van der Waals surface area contributed by atoms with Crippen LogP contribution in [0.3, 0.4) is 0 Å². The van der Waals surface area contributed by atoms with E-state index in [1.165, 1.54) is 13.2 Å². The summed E-state index contributed by atoms with van der Waals surface area (Å²) in [6.45, 7) is 4.69. The standard InChI is InChI=1S/C17H23FO4/c1-4-21-15-9-12(14(18)10-16(15)22-5-2)7-6-11-8-13(11)17(19)20-3/h9-11,13H,4-8H2,1-3H3. The largest absolute Gasteiger partial charge is 0.490 e. The highest BCUT2D eigenvalue weighted by Gasteiger charge is 2.43.